The third kappa shape index (κ3) is 2.66. The molecule has 4 nitrogen and oxygen atoms in total. The topological polar surface area (TPSA) is 53.4 Å². The average Bonchev–Trinajstić information content (AvgIpc) is 2.45. The van der Waals surface area contributed by atoms with Crippen LogP contribution in [-0.2, 0) is 10.7 Å². The van der Waals surface area contributed by atoms with E-state index in [0.29, 0.717) is 5.13 Å². The van der Waals surface area contributed by atoms with Crippen LogP contribution in [0.1, 0.15) is 17.0 Å². The van der Waals surface area contributed by atoms with E-state index in [-0.39, 0.29) is 10.6 Å². The summed E-state index contributed by atoms with van der Waals surface area (Å²) >= 11 is 0.818. The van der Waals surface area contributed by atoms with Crippen LogP contribution in [0.5, 0.6) is 0 Å². The number of carboxylic acid groups (broad SMARTS) is 1. The van der Waals surface area contributed by atoms with E-state index in [9.17, 15) is 13.6 Å². The molecular formula is C9H12F2N2O2S. The van der Waals surface area contributed by atoms with Gasteiger partial charge in [-0.15, -0.1) is 0 Å². The zero-order chi connectivity index (χ0) is 12.5. The highest BCUT2D eigenvalue weighted by Crippen LogP contribution is 2.39. The minimum absolute atomic E-state index is 0.181. The first-order valence-electron chi connectivity index (χ1n) is 4.49. The Balaban J connectivity index is 3.07. The van der Waals surface area contributed by atoms with Crippen LogP contribution in [0.2, 0.25) is 0 Å². The molecule has 7 heteroatoms. The number of alkyl halides is 2. The van der Waals surface area contributed by atoms with Gasteiger partial charge in [-0.05, 0) is 6.92 Å². The molecule has 1 aromatic heterocycles. The van der Waals surface area contributed by atoms with E-state index in [1.165, 1.54) is 6.92 Å². The first kappa shape index (κ1) is 12.8. The van der Waals surface area contributed by atoms with Gasteiger partial charge in [-0.25, -0.2) is 4.98 Å². The van der Waals surface area contributed by atoms with Crippen molar-refractivity contribution in [1.82, 2.24) is 4.98 Å². The standard InChI is InChI=1S/C9H12F2N2O2S/c1-5-7(9(10,11)4-6(14)15)16-8(12-5)13(2)3/h4H2,1-3H3,(H,14,15). The van der Waals surface area contributed by atoms with Gasteiger partial charge in [0, 0.05) is 14.1 Å². The maximum Gasteiger partial charge on any atom is 0.309 e. The number of aliphatic carboxylic acids is 1. The largest absolute Gasteiger partial charge is 0.481 e. The average molecular weight is 250 g/mol. The Kier molecular flexibility index (Phi) is 3.47. The number of nitrogens with zero attached hydrogens (tertiary/aromatic N) is 2. The van der Waals surface area contributed by atoms with E-state index >= 15 is 0 Å². The molecule has 0 radical (unpaired) electrons. The third-order valence-corrected chi connectivity index (χ3v) is 3.31. The minimum atomic E-state index is -3.36. The highest BCUT2D eigenvalue weighted by atomic mass is 32.1. The van der Waals surface area contributed by atoms with Crippen molar-refractivity contribution in [3.8, 4) is 0 Å². The van der Waals surface area contributed by atoms with Crippen LogP contribution < -0.4 is 4.90 Å². The molecule has 90 valence electrons. The van der Waals surface area contributed by atoms with Crippen LogP contribution in [0.25, 0.3) is 0 Å². The van der Waals surface area contributed by atoms with Gasteiger partial charge < -0.3 is 10.0 Å². The highest BCUT2D eigenvalue weighted by molar-refractivity contribution is 7.15. The number of thiazole rings is 1. The Morgan fingerprint density at radius 2 is 2.12 bits per heavy atom. The lowest BCUT2D eigenvalue weighted by Crippen LogP contribution is -2.18. The predicted octanol–water partition coefficient (Wildman–Crippen LogP) is 2.08. The van der Waals surface area contributed by atoms with E-state index in [2.05, 4.69) is 4.98 Å². The van der Waals surface area contributed by atoms with E-state index in [0.717, 1.165) is 11.3 Å². The number of carbonyl (C=O) groups is 1. The summed E-state index contributed by atoms with van der Waals surface area (Å²) in [6.45, 7) is 1.45. The van der Waals surface area contributed by atoms with Gasteiger partial charge in [-0.3, -0.25) is 4.79 Å². The number of aryl methyl sites for hydroxylation is 1. The SMILES string of the molecule is Cc1nc(N(C)C)sc1C(F)(F)CC(=O)O. The molecule has 0 saturated heterocycles. The van der Waals surface area contributed by atoms with Gasteiger partial charge in [-0.1, -0.05) is 11.3 Å². The van der Waals surface area contributed by atoms with E-state index in [1.54, 1.807) is 19.0 Å². The van der Waals surface area contributed by atoms with Gasteiger partial charge in [0.2, 0.25) is 0 Å². The Bertz CT molecular complexity index is 404. The Morgan fingerprint density at radius 3 is 2.50 bits per heavy atom. The summed E-state index contributed by atoms with van der Waals surface area (Å²) in [5.41, 5.74) is 0.181. The quantitative estimate of drug-likeness (QED) is 0.889. The maximum absolute atomic E-state index is 13.5. The molecule has 1 heterocycles. The fourth-order valence-electron chi connectivity index (χ4n) is 1.18. The molecule has 0 amide bonds. The van der Waals surface area contributed by atoms with Crippen LogP contribution in [0.3, 0.4) is 0 Å². The van der Waals surface area contributed by atoms with Gasteiger partial charge in [0.05, 0.1) is 10.6 Å². The number of anilines is 1. The summed E-state index contributed by atoms with van der Waals surface area (Å²) in [5.74, 6) is -4.88. The molecule has 0 atom stereocenters. The van der Waals surface area contributed by atoms with Gasteiger partial charge in [-0.2, -0.15) is 8.78 Å². The molecule has 1 rings (SSSR count). The van der Waals surface area contributed by atoms with Gasteiger partial charge in [0.1, 0.15) is 6.42 Å². The highest BCUT2D eigenvalue weighted by Gasteiger charge is 2.38. The Morgan fingerprint density at radius 1 is 1.56 bits per heavy atom. The second-order valence-corrected chi connectivity index (χ2v) is 4.56. The van der Waals surface area contributed by atoms with Crippen LogP contribution in [0.4, 0.5) is 13.9 Å². The van der Waals surface area contributed by atoms with Crippen molar-refractivity contribution >= 4 is 22.4 Å². The molecular weight excluding hydrogens is 238 g/mol. The molecule has 0 aliphatic rings. The summed E-state index contributed by atoms with van der Waals surface area (Å²) in [5, 5.41) is 8.85. The molecule has 0 spiro atoms. The van der Waals surface area contributed by atoms with Crippen LogP contribution >= 0.6 is 11.3 Å². The normalized spacial score (nSPS) is 11.6. The van der Waals surface area contributed by atoms with Gasteiger partial charge in [0.15, 0.2) is 5.13 Å². The number of hydrogen-bond acceptors (Lipinski definition) is 4. The molecule has 16 heavy (non-hydrogen) atoms. The monoisotopic (exact) mass is 250 g/mol. The molecule has 1 N–H and O–H groups in total. The van der Waals surface area contributed by atoms with Crippen molar-refractivity contribution in [3.05, 3.63) is 10.6 Å². The number of rotatable bonds is 4. The molecule has 1 aromatic rings. The summed E-state index contributed by atoms with van der Waals surface area (Å²) in [4.78, 5) is 15.6. The zero-order valence-electron chi connectivity index (χ0n) is 9.12. The summed E-state index contributed by atoms with van der Waals surface area (Å²) in [7, 11) is 3.38. The second kappa shape index (κ2) is 4.32. The fraction of sp³-hybridized carbons (Fsp3) is 0.556. The van der Waals surface area contributed by atoms with Crippen molar-refractivity contribution in [3.63, 3.8) is 0 Å². The minimum Gasteiger partial charge on any atom is -0.481 e. The summed E-state index contributed by atoms with van der Waals surface area (Å²) in [6.07, 6.45) is -1.21. The first-order chi connectivity index (χ1) is 7.24. The maximum atomic E-state index is 13.5. The van der Waals surface area contributed by atoms with Crippen molar-refractivity contribution in [2.75, 3.05) is 19.0 Å². The number of hydrogen-bond donors (Lipinski definition) is 1. The van der Waals surface area contributed by atoms with Crippen LogP contribution in [0, 0.1) is 6.92 Å². The molecule has 0 bridgehead atoms. The van der Waals surface area contributed by atoms with E-state index in [4.69, 9.17) is 5.11 Å². The van der Waals surface area contributed by atoms with E-state index < -0.39 is 18.3 Å². The van der Waals surface area contributed by atoms with Crippen LogP contribution in [0.15, 0.2) is 0 Å². The smallest absolute Gasteiger partial charge is 0.309 e. The van der Waals surface area contributed by atoms with Crippen molar-refractivity contribution < 1.29 is 18.7 Å². The lowest BCUT2D eigenvalue weighted by Gasteiger charge is -2.12. The van der Waals surface area contributed by atoms with Crippen molar-refractivity contribution in [2.45, 2.75) is 19.3 Å². The van der Waals surface area contributed by atoms with Gasteiger partial charge in [0.25, 0.3) is 5.92 Å². The summed E-state index contributed by atoms with van der Waals surface area (Å²) in [6, 6.07) is 0. The number of aromatic nitrogens is 1. The Labute approximate surface area is 95.5 Å². The molecule has 0 unspecified atom stereocenters. The third-order valence-electron chi connectivity index (χ3n) is 1.87. The van der Waals surface area contributed by atoms with E-state index in [1.807, 2.05) is 0 Å². The molecule has 0 aliphatic heterocycles. The number of halogens is 2. The van der Waals surface area contributed by atoms with Crippen molar-refractivity contribution in [1.29, 1.82) is 0 Å². The lowest BCUT2D eigenvalue weighted by atomic mass is 10.2. The Hall–Kier alpha value is -1.24. The molecule has 0 fully saturated rings. The first-order valence-corrected chi connectivity index (χ1v) is 5.30. The van der Waals surface area contributed by atoms with Crippen molar-refractivity contribution in [2.24, 2.45) is 0 Å². The fourth-order valence-corrected chi connectivity index (χ4v) is 2.15. The molecule has 0 aliphatic carbocycles. The van der Waals surface area contributed by atoms with Gasteiger partial charge >= 0.3 is 5.97 Å². The zero-order valence-corrected chi connectivity index (χ0v) is 9.94. The van der Waals surface area contributed by atoms with Crippen LogP contribution in [-0.4, -0.2) is 30.2 Å². The second-order valence-electron chi connectivity index (χ2n) is 3.58. The molecule has 0 aromatic carbocycles. The predicted molar refractivity (Wildman–Crippen MR) is 57.3 cm³/mol. The number of carboxylic acids is 1. The summed E-state index contributed by atoms with van der Waals surface area (Å²) < 4.78 is 27.0. The molecule has 0 saturated carbocycles. The lowest BCUT2D eigenvalue weighted by molar-refractivity contribution is -0.145.